The number of nitrogens with zero attached hydrogens (tertiary/aromatic N) is 5. The first-order valence-electron chi connectivity index (χ1n) is 10.4. The molecular formula is C22H26N6O2. The largest absolute Gasteiger partial charge is 0.354 e. The molecule has 2 aromatic heterocycles. The first-order valence-corrected chi connectivity index (χ1v) is 10.4. The number of carbonyl (C=O) groups is 1. The predicted octanol–water partition coefficient (Wildman–Crippen LogP) is 2.72. The van der Waals surface area contributed by atoms with Crippen LogP contribution < -0.4 is 5.32 Å². The van der Waals surface area contributed by atoms with Crippen LogP contribution in [0.2, 0.25) is 0 Å². The summed E-state index contributed by atoms with van der Waals surface area (Å²) >= 11 is 0. The molecule has 1 fully saturated rings. The summed E-state index contributed by atoms with van der Waals surface area (Å²) in [4.78, 5) is 27.4. The van der Waals surface area contributed by atoms with Gasteiger partial charge in [0.05, 0.1) is 6.04 Å². The summed E-state index contributed by atoms with van der Waals surface area (Å²) in [5.74, 6) is 1.12. The lowest BCUT2D eigenvalue weighted by atomic mass is 10.0. The number of carbonyl (C=O) groups excluding carboxylic acids is 1. The lowest BCUT2D eigenvalue weighted by Crippen LogP contribution is -2.36. The van der Waals surface area contributed by atoms with Crippen LogP contribution in [-0.4, -0.2) is 50.5 Å². The van der Waals surface area contributed by atoms with Crippen molar-refractivity contribution in [2.45, 2.75) is 38.6 Å². The van der Waals surface area contributed by atoms with Gasteiger partial charge in [-0.05, 0) is 44.5 Å². The fourth-order valence-corrected chi connectivity index (χ4v) is 3.68. The van der Waals surface area contributed by atoms with E-state index in [1.807, 2.05) is 0 Å². The second kappa shape index (κ2) is 9.58. The van der Waals surface area contributed by atoms with Crippen molar-refractivity contribution in [1.82, 2.24) is 30.3 Å². The molecule has 1 unspecified atom stereocenters. The van der Waals surface area contributed by atoms with Gasteiger partial charge in [0.2, 0.25) is 23.4 Å². The maximum absolute atomic E-state index is 12.5. The smallest absolute Gasteiger partial charge is 0.240 e. The summed E-state index contributed by atoms with van der Waals surface area (Å²) in [6.07, 6.45) is 6.33. The van der Waals surface area contributed by atoms with E-state index in [1.165, 1.54) is 24.0 Å². The van der Waals surface area contributed by atoms with Crippen molar-refractivity contribution in [1.29, 1.82) is 0 Å². The number of hydrogen-bond donors (Lipinski definition) is 1. The van der Waals surface area contributed by atoms with E-state index < -0.39 is 0 Å². The Morgan fingerprint density at radius 2 is 1.87 bits per heavy atom. The number of nitrogens with one attached hydrogen (secondary N) is 1. The van der Waals surface area contributed by atoms with Crippen molar-refractivity contribution in [3.05, 3.63) is 59.7 Å². The number of amides is 1. The summed E-state index contributed by atoms with van der Waals surface area (Å²) < 4.78 is 5.23. The van der Waals surface area contributed by atoms with E-state index in [2.05, 4.69) is 61.5 Å². The van der Waals surface area contributed by atoms with Gasteiger partial charge < -0.3 is 9.84 Å². The molecule has 8 heteroatoms. The maximum Gasteiger partial charge on any atom is 0.240 e. The summed E-state index contributed by atoms with van der Waals surface area (Å²) in [6.45, 7) is 4.82. The molecule has 0 saturated carbocycles. The number of rotatable bonds is 8. The summed E-state index contributed by atoms with van der Waals surface area (Å²) in [5.41, 5.74) is 2.48. The van der Waals surface area contributed by atoms with E-state index in [0.29, 0.717) is 30.5 Å². The highest BCUT2D eigenvalue weighted by molar-refractivity contribution is 5.76. The molecule has 0 bridgehead atoms. The summed E-state index contributed by atoms with van der Waals surface area (Å²) in [5, 5.41) is 6.97. The third-order valence-electron chi connectivity index (χ3n) is 5.34. The fourth-order valence-electron chi connectivity index (χ4n) is 3.68. The van der Waals surface area contributed by atoms with Gasteiger partial charge >= 0.3 is 0 Å². The quantitative estimate of drug-likeness (QED) is 0.614. The van der Waals surface area contributed by atoms with Crippen LogP contribution in [-0.2, 0) is 11.2 Å². The first kappa shape index (κ1) is 20.2. The number of aromatic nitrogens is 4. The van der Waals surface area contributed by atoms with Crippen molar-refractivity contribution < 1.29 is 9.32 Å². The lowest BCUT2D eigenvalue weighted by molar-refractivity contribution is -0.121. The molecule has 3 heterocycles. The molecule has 1 N–H and O–H groups in total. The molecule has 0 radical (unpaired) electrons. The molecule has 0 spiro atoms. The van der Waals surface area contributed by atoms with Gasteiger partial charge in [-0.1, -0.05) is 35.0 Å². The van der Waals surface area contributed by atoms with Crippen LogP contribution in [0.4, 0.5) is 0 Å². The molecule has 30 heavy (non-hydrogen) atoms. The Kier molecular flexibility index (Phi) is 6.44. The summed E-state index contributed by atoms with van der Waals surface area (Å²) in [6, 6.07) is 10.5. The number of hydrogen-bond acceptors (Lipinski definition) is 7. The third-order valence-corrected chi connectivity index (χ3v) is 5.34. The second-order valence-corrected chi connectivity index (χ2v) is 7.56. The molecule has 1 aliphatic rings. The molecule has 1 saturated heterocycles. The van der Waals surface area contributed by atoms with Gasteiger partial charge in [0.1, 0.15) is 0 Å². The Morgan fingerprint density at radius 1 is 1.13 bits per heavy atom. The zero-order valence-corrected chi connectivity index (χ0v) is 17.1. The van der Waals surface area contributed by atoms with E-state index in [1.54, 1.807) is 18.5 Å². The van der Waals surface area contributed by atoms with Crippen LogP contribution >= 0.6 is 0 Å². The predicted molar refractivity (Wildman–Crippen MR) is 111 cm³/mol. The van der Waals surface area contributed by atoms with Crippen molar-refractivity contribution >= 4 is 5.91 Å². The van der Waals surface area contributed by atoms with Crippen molar-refractivity contribution in [2.24, 2.45) is 0 Å². The van der Waals surface area contributed by atoms with Crippen LogP contribution in [0.25, 0.3) is 11.6 Å². The van der Waals surface area contributed by atoms with Crippen LogP contribution in [0.15, 0.2) is 47.2 Å². The number of aryl methyl sites for hydroxylation is 2. The Bertz CT molecular complexity index is 951. The van der Waals surface area contributed by atoms with Gasteiger partial charge in [0.15, 0.2) is 0 Å². The minimum absolute atomic E-state index is 0.0259. The van der Waals surface area contributed by atoms with E-state index in [4.69, 9.17) is 4.52 Å². The van der Waals surface area contributed by atoms with Crippen molar-refractivity contribution in [3.8, 4) is 11.6 Å². The van der Waals surface area contributed by atoms with Gasteiger partial charge in [0, 0.05) is 31.8 Å². The second-order valence-electron chi connectivity index (χ2n) is 7.56. The Hall–Kier alpha value is -3.13. The van der Waals surface area contributed by atoms with E-state index in [0.717, 1.165) is 13.1 Å². The fraction of sp³-hybridized carbons (Fsp3) is 0.409. The first-order chi connectivity index (χ1) is 14.7. The van der Waals surface area contributed by atoms with Gasteiger partial charge in [-0.3, -0.25) is 9.69 Å². The maximum atomic E-state index is 12.5. The number of benzene rings is 1. The standard InChI is InChI=1S/C22H26N6O2/c1-16-5-7-17(8-6-16)18(28-13-2-3-14-28)15-25-19(29)9-10-20-26-22(27-30-20)21-23-11-4-12-24-21/h4-8,11-12,18H,2-3,9-10,13-15H2,1H3,(H,25,29). The van der Waals surface area contributed by atoms with Crippen molar-refractivity contribution in [2.75, 3.05) is 19.6 Å². The van der Waals surface area contributed by atoms with Crippen LogP contribution in [0.1, 0.15) is 42.3 Å². The highest BCUT2D eigenvalue weighted by atomic mass is 16.5. The average Bonchev–Trinajstić information content (AvgIpc) is 3.47. The zero-order chi connectivity index (χ0) is 20.8. The van der Waals surface area contributed by atoms with Gasteiger partial charge in [-0.2, -0.15) is 4.98 Å². The van der Waals surface area contributed by atoms with Crippen LogP contribution in [0.5, 0.6) is 0 Å². The molecular weight excluding hydrogens is 380 g/mol. The Balaban J connectivity index is 1.31. The highest BCUT2D eigenvalue weighted by Crippen LogP contribution is 2.25. The molecule has 3 aromatic rings. The molecule has 1 amide bonds. The molecule has 0 aliphatic carbocycles. The van der Waals surface area contributed by atoms with E-state index >= 15 is 0 Å². The normalized spacial score (nSPS) is 15.2. The lowest BCUT2D eigenvalue weighted by Gasteiger charge is -2.28. The van der Waals surface area contributed by atoms with Gasteiger partial charge in [0.25, 0.3) is 0 Å². The topological polar surface area (TPSA) is 97.0 Å². The molecule has 1 aliphatic heterocycles. The minimum atomic E-state index is -0.0259. The van der Waals surface area contributed by atoms with Crippen LogP contribution in [0, 0.1) is 6.92 Å². The zero-order valence-electron chi connectivity index (χ0n) is 17.1. The molecule has 1 aromatic carbocycles. The monoisotopic (exact) mass is 406 g/mol. The summed E-state index contributed by atoms with van der Waals surface area (Å²) in [7, 11) is 0. The Morgan fingerprint density at radius 3 is 2.60 bits per heavy atom. The SMILES string of the molecule is Cc1ccc(C(CNC(=O)CCc2nc(-c3ncccn3)no2)N2CCCC2)cc1. The average molecular weight is 406 g/mol. The minimum Gasteiger partial charge on any atom is -0.354 e. The van der Waals surface area contributed by atoms with Crippen LogP contribution in [0.3, 0.4) is 0 Å². The Labute approximate surface area is 175 Å². The van der Waals surface area contributed by atoms with Gasteiger partial charge in [-0.15, -0.1) is 0 Å². The van der Waals surface area contributed by atoms with E-state index in [9.17, 15) is 4.79 Å². The molecule has 1 atom stereocenters. The third kappa shape index (κ3) is 5.07. The molecule has 4 rings (SSSR count). The molecule has 8 nitrogen and oxygen atoms in total. The highest BCUT2D eigenvalue weighted by Gasteiger charge is 2.24. The van der Waals surface area contributed by atoms with Crippen molar-refractivity contribution in [3.63, 3.8) is 0 Å². The number of likely N-dealkylation sites (tertiary alicyclic amines) is 1. The van der Waals surface area contributed by atoms with Gasteiger partial charge in [-0.25, -0.2) is 9.97 Å². The molecule has 156 valence electrons. The van der Waals surface area contributed by atoms with E-state index in [-0.39, 0.29) is 18.4 Å².